The first kappa shape index (κ1) is 23.1. The molecule has 148 valence electrons. The maximum absolute atomic E-state index is 12.9. The van der Waals surface area contributed by atoms with Crippen LogP contribution in [0, 0.1) is 0 Å². The van der Waals surface area contributed by atoms with E-state index in [1.165, 1.54) is 12.1 Å². The SMILES string of the molecule is CC(C)S(=O)(=O)c1ccc(C(=O)N(CCCN)Cc2ccccc2)cc1.Cl. The maximum atomic E-state index is 12.9. The molecule has 0 saturated carbocycles. The monoisotopic (exact) mass is 410 g/mol. The predicted octanol–water partition coefficient (Wildman–Crippen LogP) is 3.28. The van der Waals surface area contributed by atoms with E-state index in [-0.39, 0.29) is 23.2 Å². The normalized spacial score (nSPS) is 11.1. The summed E-state index contributed by atoms with van der Waals surface area (Å²) in [6.45, 7) is 4.83. The van der Waals surface area contributed by atoms with Crippen LogP contribution in [0.2, 0.25) is 0 Å². The molecule has 2 N–H and O–H groups in total. The smallest absolute Gasteiger partial charge is 0.254 e. The average molecular weight is 411 g/mol. The minimum absolute atomic E-state index is 0. The summed E-state index contributed by atoms with van der Waals surface area (Å²) in [5.41, 5.74) is 7.11. The Morgan fingerprint density at radius 3 is 2.15 bits per heavy atom. The third-order valence-electron chi connectivity index (χ3n) is 4.19. The van der Waals surface area contributed by atoms with Crippen molar-refractivity contribution in [2.75, 3.05) is 13.1 Å². The van der Waals surface area contributed by atoms with E-state index in [1.807, 2.05) is 30.3 Å². The minimum Gasteiger partial charge on any atom is -0.334 e. The number of sulfone groups is 1. The summed E-state index contributed by atoms with van der Waals surface area (Å²) in [7, 11) is -3.34. The van der Waals surface area contributed by atoms with Crippen LogP contribution in [0.15, 0.2) is 59.5 Å². The average Bonchev–Trinajstić information content (AvgIpc) is 2.65. The Kier molecular flexibility index (Phi) is 8.96. The van der Waals surface area contributed by atoms with Gasteiger partial charge in [0.15, 0.2) is 9.84 Å². The van der Waals surface area contributed by atoms with Crippen molar-refractivity contribution in [3.63, 3.8) is 0 Å². The number of amides is 1. The largest absolute Gasteiger partial charge is 0.334 e. The molecule has 0 spiro atoms. The molecule has 2 aromatic rings. The zero-order valence-electron chi connectivity index (χ0n) is 15.7. The first-order valence-electron chi connectivity index (χ1n) is 8.73. The van der Waals surface area contributed by atoms with Crippen molar-refractivity contribution >= 4 is 28.2 Å². The summed E-state index contributed by atoms with van der Waals surface area (Å²) in [5.74, 6) is -0.129. The Bertz CT molecular complexity index is 822. The van der Waals surface area contributed by atoms with E-state index in [9.17, 15) is 13.2 Å². The number of benzene rings is 2. The van der Waals surface area contributed by atoms with Gasteiger partial charge in [0.2, 0.25) is 0 Å². The zero-order valence-corrected chi connectivity index (χ0v) is 17.3. The summed E-state index contributed by atoms with van der Waals surface area (Å²) in [6, 6.07) is 15.9. The molecule has 0 bridgehead atoms. The van der Waals surface area contributed by atoms with Gasteiger partial charge in [-0.1, -0.05) is 30.3 Å². The van der Waals surface area contributed by atoms with Gasteiger partial charge in [-0.2, -0.15) is 0 Å². The highest BCUT2D eigenvalue weighted by Gasteiger charge is 2.21. The predicted molar refractivity (Wildman–Crippen MR) is 111 cm³/mol. The lowest BCUT2D eigenvalue weighted by Crippen LogP contribution is -2.32. The van der Waals surface area contributed by atoms with Crippen molar-refractivity contribution in [3.8, 4) is 0 Å². The first-order chi connectivity index (χ1) is 12.4. The van der Waals surface area contributed by atoms with Crippen LogP contribution in [0.1, 0.15) is 36.2 Å². The second-order valence-corrected chi connectivity index (χ2v) is 8.98. The highest BCUT2D eigenvalue weighted by molar-refractivity contribution is 7.92. The van der Waals surface area contributed by atoms with Gasteiger partial charge in [0.05, 0.1) is 10.1 Å². The van der Waals surface area contributed by atoms with E-state index in [0.717, 1.165) is 5.56 Å². The van der Waals surface area contributed by atoms with E-state index >= 15 is 0 Å². The van der Waals surface area contributed by atoms with Gasteiger partial charge in [0.1, 0.15) is 0 Å². The molecule has 0 unspecified atom stereocenters. The van der Waals surface area contributed by atoms with E-state index < -0.39 is 15.1 Å². The standard InChI is InChI=1S/C20H26N2O3S.ClH/c1-16(2)26(24,25)19-11-9-18(10-12-19)20(23)22(14-6-13-21)15-17-7-4-3-5-8-17;/h3-5,7-12,16H,6,13-15,21H2,1-2H3;1H. The Hall–Kier alpha value is -1.89. The molecule has 27 heavy (non-hydrogen) atoms. The van der Waals surface area contributed by atoms with Crippen LogP contribution in [0.4, 0.5) is 0 Å². The molecule has 5 nitrogen and oxygen atoms in total. The van der Waals surface area contributed by atoms with Crippen LogP contribution in [-0.4, -0.2) is 37.6 Å². The molecule has 1 amide bonds. The molecule has 0 radical (unpaired) electrons. The minimum atomic E-state index is -3.34. The third kappa shape index (κ3) is 6.06. The second kappa shape index (κ2) is 10.4. The zero-order chi connectivity index (χ0) is 19.2. The number of carbonyl (C=O) groups excluding carboxylic acids is 1. The molecule has 0 fully saturated rings. The molecule has 0 heterocycles. The van der Waals surface area contributed by atoms with Crippen molar-refractivity contribution in [3.05, 3.63) is 65.7 Å². The molecular formula is C20H27ClN2O3S. The fourth-order valence-corrected chi connectivity index (χ4v) is 3.64. The van der Waals surface area contributed by atoms with Crippen LogP contribution in [-0.2, 0) is 16.4 Å². The lowest BCUT2D eigenvalue weighted by Gasteiger charge is -2.23. The van der Waals surface area contributed by atoms with Crippen molar-refractivity contribution in [1.29, 1.82) is 0 Å². The van der Waals surface area contributed by atoms with Crippen molar-refractivity contribution in [2.24, 2.45) is 5.73 Å². The molecule has 0 aliphatic heterocycles. The van der Waals surface area contributed by atoms with Gasteiger partial charge < -0.3 is 10.6 Å². The van der Waals surface area contributed by atoms with Gasteiger partial charge in [-0.3, -0.25) is 4.79 Å². The molecule has 0 aliphatic rings. The Balaban J connectivity index is 0.00000364. The molecule has 2 rings (SSSR count). The molecule has 0 aliphatic carbocycles. The fourth-order valence-electron chi connectivity index (χ4n) is 2.58. The molecule has 0 saturated heterocycles. The van der Waals surface area contributed by atoms with E-state index in [2.05, 4.69) is 0 Å². The summed E-state index contributed by atoms with van der Waals surface area (Å²) in [6.07, 6.45) is 0.707. The number of nitrogens with two attached hydrogens (primary N) is 1. The van der Waals surface area contributed by atoms with E-state index in [1.54, 1.807) is 30.9 Å². The topological polar surface area (TPSA) is 80.5 Å². The highest BCUT2D eigenvalue weighted by Crippen LogP contribution is 2.18. The number of hydrogen-bond donors (Lipinski definition) is 1. The van der Waals surface area contributed by atoms with Crippen molar-refractivity contribution < 1.29 is 13.2 Å². The lowest BCUT2D eigenvalue weighted by molar-refractivity contribution is 0.0742. The van der Waals surface area contributed by atoms with Gasteiger partial charge in [-0.15, -0.1) is 12.4 Å². The first-order valence-corrected chi connectivity index (χ1v) is 10.3. The maximum Gasteiger partial charge on any atom is 0.254 e. The van der Waals surface area contributed by atoms with Crippen LogP contribution >= 0.6 is 12.4 Å². The fraction of sp³-hybridized carbons (Fsp3) is 0.350. The van der Waals surface area contributed by atoms with Gasteiger partial charge in [-0.05, 0) is 56.6 Å². The number of hydrogen-bond acceptors (Lipinski definition) is 4. The molecule has 0 aromatic heterocycles. The Labute approximate surface area is 167 Å². The number of nitrogens with zero attached hydrogens (tertiary/aromatic N) is 1. The number of carbonyl (C=O) groups is 1. The van der Waals surface area contributed by atoms with Crippen LogP contribution in [0.5, 0.6) is 0 Å². The van der Waals surface area contributed by atoms with Crippen LogP contribution < -0.4 is 5.73 Å². The van der Waals surface area contributed by atoms with Crippen LogP contribution in [0.3, 0.4) is 0 Å². The lowest BCUT2D eigenvalue weighted by atomic mass is 10.1. The molecule has 0 atom stereocenters. The Morgan fingerprint density at radius 2 is 1.63 bits per heavy atom. The Morgan fingerprint density at radius 1 is 1.04 bits per heavy atom. The summed E-state index contributed by atoms with van der Waals surface area (Å²) >= 11 is 0. The van der Waals surface area contributed by atoms with E-state index in [4.69, 9.17) is 5.73 Å². The molecule has 2 aromatic carbocycles. The highest BCUT2D eigenvalue weighted by atomic mass is 35.5. The van der Waals surface area contributed by atoms with Gasteiger partial charge >= 0.3 is 0 Å². The quantitative estimate of drug-likeness (QED) is 0.724. The van der Waals surface area contributed by atoms with Crippen LogP contribution in [0.25, 0.3) is 0 Å². The summed E-state index contributed by atoms with van der Waals surface area (Å²) < 4.78 is 24.4. The third-order valence-corrected chi connectivity index (χ3v) is 6.36. The van der Waals surface area contributed by atoms with Crippen molar-refractivity contribution in [2.45, 2.75) is 37.0 Å². The molecular weight excluding hydrogens is 384 g/mol. The van der Waals surface area contributed by atoms with Crippen molar-refractivity contribution in [1.82, 2.24) is 4.90 Å². The number of rotatable bonds is 8. The number of halogens is 1. The summed E-state index contributed by atoms with van der Waals surface area (Å²) in [4.78, 5) is 14.9. The summed E-state index contributed by atoms with van der Waals surface area (Å²) in [5, 5.41) is -0.497. The van der Waals surface area contributed by atoms with Gasteiger partial charge in [0, 0.05) is 18.7 Å². The molecule has 7 heteroatoms. The van der Waals surface area contributed by atoms with Gasteiger partial charge in [-0.25, -0.2) is 8.42 Å². The van der Waals surface area contributed by atoms with E-state index in [0.29, 0.717) is 31.6 Å². The van der Waals surface area contributed by atoms with Gasteiger partial charge in [0.25, 0.3) is 5.91 Å². The second-order valence-electron chi connectivity index (χ2n) is 6.47.